The Morgan fingerprint density at radius 2 is 0.804 bits per heavy atom. The molecule has 5 aliphatic rings. The molecule has 9 aromatic heterocycles. The lowest BCUT2D eigenvalue weighted by atomic mass is 9.97. The highest BCUT2D eigenvalue weighted by molar-refractivity contribution is 7.91. The van der Waals surface area contributed by atoms with Crippen LogP contribution in [0.5, 0.6) is 5.75 Å². The highest BCUT2D eigenvalue weighted by Gasteiger charge is 2.45. The van der Waals surface area contributed by atoms with E-state index in [2.05, 4.69) is 162 Å². The number of hydrogen-bond donors (Lipinski definition) is 7. The van der Waals surface area contributed by atoms with Crippen molar-refractivity contribution in [1.82, 2.24) is 63.7 Å². The van der Waals surface area contributed by atoms with E-state index in [1.807, 2.05) is 74.2 Å². The van der Waals surface area contributed by atoms with Gasteiger partial charge < -0.3 is 46.0 Å². The number of ether oxygens (including phenoxy) is 1. The fourth-order valence-corrected chi connectivity index (χ4v) is 23.3. The minimum absolute atomic E-state index is 0.0226. The number of nitrogens with one attached hydrogen (secondary N) is 5. The first-order chi connectivity index (χ1) is 67.5. The Morgan fingerprint density at radius 1 is 0.406 bits per heavy atom. The predicted molar refractivity (Wildman–Crippen MR) is 554 cm³/mol. The van der Waals surface area contributed by atoms with Crippen molar-refractivity contribution in [2.75, 3.05) is 87.2 Å². The van der Waals surface area contributed by atoms with Crippen molar-refractivity contribution in [3.05, 3.63) is 245 Å². The van der Waals surface area contributed by atoms with Gasteiger partial charge in [0, 0.05) is 96.5 Å². The van der Waals surface area contributed by atoms with Crippen LogP contribution < -0.4 is 64.9 Å². The van der Waals surface area contributed by atoms with Crippen LogP contribution in [0.3, 0.4) is 0 Å². The molecule has 754 valence electrons. The smallest absolute Gasteiger partial charge is 0.281 e. The van der Waals surface area contributed by atoms with Crippen molar-refractivity contribution >= 4 is 127 Å². The van der Waals surface area contributed by atoms with Crippen LogP contribution in [0.2, 0.25) is 0 Å². The zero-order chi connectivity index (χ0) is 103. The van der Waals surface area contributed by atoms with Crippen LogP contribution in [0.25, 0.3) is 33.3 Å². The monoisotopic (exact) mass is 2020 g/mol. The van der Waals surface area contributed by atoms with E-state index in [1.54, 1.807) is 104 Å². The number of rotatable bonds is 23. The minimum Gasteiger partial charge on any atom is -0.494 e. The van der Waals surface area contributed by atoms with Gasteiger partial charge in [0.1, 0.15) is 63.9 Å². The summed E-state index contributed by atoms with van der Waals surface area (Å²) in [5, 5.41) is 3.89. The number of amides is 4. The summed E-state index contributed by atoms with van der Waals surface area (Å²) in [5.74, 6) is 2.26. The van der Waals surface area contributed by atoms with Gasteiger partial charge in [-0.1, -0.05) is 89.1 Å². The van der Waals surface area contributed by atoms with E-state index in [4.69, 9.17) is 26.2 Å². The molecule has 0 radical (unpaired) electrons. The summed E-state index contributed by atoms with van der Waals surface area (Å²) in [6.45, 7) is 38.0. The molecule has 4 atom stereocenters. The molecule has 0 saturated carbocycles. The number of carbonyl (C=O) groups excluding carboxylic acids is 4. The number of nitrogen functional groups attached to an aromatic ring is 2. The first-order valence-electron chi connectivity index (χ1n) is 47.6. The summed E-state index contributed by atoms with van der Waals surface area (Å²) in [7, 11) is -16.9. The van der Waals surface area contributed by atoms with Crippen LogP contribution in [-0.2, 0) is 40.1 Å². The van der Waals surface area contributed by atoms with Gasteiger partial charge in [-0.25, -0.2) is 68.1 Å². The van der Waals surface area contributed by atoms with Gasteiger partial charge in [-0.2, -0.15) is 33.7 Å². The number of anilines is 9. The van der Waals surface area contributed by atoms with Crippen molar-refractivity contribution < 1.29 is 62.0 Å². The lowest BCUT2D eigenvalue weighted by molar-refractivity contribution is 0.0972. The number of pyridine rings is 9. The largest absolute Gasteiger partial charge is 0.494 e. The van der Waals surface area contributed by atoms with Crippen LogP contribution in [0.1, 0.15) is 199 Å². The molecule has 5 saturated heterocycles. The number of fused-ring (bicyclic) bond motifs is 1. The number of nitrogens with zero attached hydrogens (tertiary/aromatic N) is 14. The van der Waals surface area contributed by atoms with Crippen LogP contribution in [0, 0.1) is 50.3 Å². The molecule has 0 bridgehead atoms. The molecule has 12 aromatic rings. The van der Waals surface area contributed by atoms with E-state index in [0.717, 1.165) is 97.9 Å². The number of halogens is 1. The van der Waals surface area contributed by atoms with Crippen molar-refractivity contribution in [2.45, 2.75) is 204 Å². The van der Waals surface area contributed by atoms with Crippen LogP contribution in [-0.4, -0.2) is 170 Å². The Kier molecular flexibility index (Phi) is 31.3. The summed E-state index contributed by atoms with van der Waals surface area (Å²) >= 11 is 0. The number of benzene rings is 3. The number of sulfonamides is 4. The molecular formula is C104H124FN21O13S4. The lowest BCUT2D eigenvalue weighted by Crippen LogP contribution is -2.41. The number of carbonyl (C=O) groups is 4. The summed E-state index contributed by atoms with van der Waals surface area (Å²) in [5.41, 5.74) is 16.4. The van der Waals surface area contributed by atoms with Crippen molar-refractivity contribution in [3.8, 4) is 28.3 Å². The summed E-state index contributed by atoms with van der Waals surface area (Å²) in [6.07, 6.45) is 13.1. The third-order valence-electron chi connectivity index (χ3n) is 26.0. The Balaban J connectivity index is 0.000000151. The molecule has 9 N–H and O–H groups in total. The number of aryl methyl sites for hydroxylation is 2. The number of hydrogen-bond acceptors (Lipinski definition) is 30. The van der Waals surface area contributed by atoms with E-state index in [1.165, 1.54) is 67.4 Å². The molecule has 5 fully saturated rings. The van der Waals surface area contributed by atoms with Gasteiger partial charge in [0.15, 0.2) is 20.1 Å². The Hall–Kier alpha value is -13.9. The average Bonchev–Trinajstić information content (AvgIpc) is 1.68. The van der Waals surface area contributed by atoms with E-state index in [-0.39, 0.29) is 87.8 Å². The second-order valence-corrected chi connectivity index (χ2v) is 46.3. The van der Waals surface area contributed by atoms with Crippen LogP contribution >= 0.6 is 0 Å². The molecule has 2 unspecified atom stereocenters. The van der Waals surface area contributed by atoms with Crippen molar-refractivity contribution in [3.63, 3.8) is 0 Å². The van der Waals surface area contributed by atoms with Gasteiger partial charge in [-0.3, -0.25) is 19.2 Å². The third kappa shape index (κ3) is 24.7. The lowest BCUT2D eigenvalue weighted by Gasteiger charge is -2.34. The zero-order valence-electron chi connectivity index (χ0n) is 83.2. The Labute approximate surface area is 836 Å². The van der Waals surface area contributed by atoms with Crippen LogP contribution in [0.15, 0.2) is 221 Å². The maximum Gasteiger partial charge on any atom is 0.281 e. The first-order valence-corrected chi connectivity index (χ1v) is 53.5. The second kappa shape index (κ2) is 42.7. The van der Waals surface area contributed by atoms with Gasteiger partial charge in [0.25, 0.3) is 63.7 Å². The highest BCUT2D eigenvalue weighted by atomic mass is 32.2. The standard InChI is InChI=1S/C28H35N5O4S.C27H28N6O3S.C25H28FN5O3S.C24H33N5O3S/c1-7-37-23-14-20(13-18(3)19(23)4)22-12-11-21(26(30-22)33-16-17(2)15-28(33,5)6)27(34)32-38(35,36)25-10-8-9-24(29)31-25;1-18-15-27(2,3)33(17-18)25-21(10-7-13-28-25)26(34)32-37(35,36)24-12-6-11-22(31-24)30-23-14-19-8-4-5-9-20(19)16-29-23;1-15-13-25(3,4)31(14-15)23-18(9-11-20(28-23)17-8-10-19(26)16(2)12-17)24(32)30-35(33,34)22-7-5-6-21(27)29-22;1-18-16-24(2,3)29(17-18)22-19(10-9-13-25-22)23(30)27-33(31,32)21-12-8-11-20(26-21)28-14-6-4-5-7-15-28/h8-14,17H,7,15-16H2,1-6H3,(H2,29,31)(H,32,34);4-14,16,18H,15,17H2,1-3H3,(H,32,34)(H,29,30,31);5-12,15H,13-14H2,1-4H3,(H2,27,29)(H,30,32);8-13,18H,4-7,14-17H2,1-3H3,(H,27,30)/t17-;;15-;/m0.0./s1. The topological polar surface area (TPSA) is 458 Å². The fraction of sp³-hybridized carbons (Fsp3) is 0.375. The molecule has 34 nitrogen and oxygen atoms in total. The highest BCUT2D eigenvalue weighted by Crippen LogP contribution is 2.44. The predicted octanol–water partition coefficient (Wildman–Crippen LogP) is 16.5. The van der Waals surface area contributed by atoms with E-state index in [0.29, 0.717) is 101 Å². The molecule has 3 aromatic carbocycles. The molecule has 0 aliphatic carbocycles. The van der Waals surface area contributed by atoms with Crippen molar-refractivity contribution in [1.29, 1.82) is 0 Å². The fourth-order valence-electron chi connectivity index (χ4n) is 19.5. The number of nitrogens with two attached hydrogens (primary N) is 2. The summed E-state index contributed by atoms with van der Waals surface area (Å²) in [6, 6.07) is 49.2. The SMILES string of the molecule is CC1CN(c2ncccc2C(=O)NS(=O)(=O)c2cccc(N3CCCCCC3)n2)C(C)(C)C1.CC1CN(c2ncccc2C(=O)NS(=O)(=O)c2cccc(Nc3cc4ccccc4cn3)n2)C(C)(C)C1.CCOc1cc(-c2ccc(C(=O)NS(=O)(=O)c3cccc(N)n3)c(N3C[C@@H](C)CC3(C)C)n2)cc(C)c1C.Cc1cc(-c2ccc(C(=O)NS(=O)(=O)c3cccc(N)n3)c(N3C[C@@H](C)CC3(C)C)n2)ccc1F. The molecule has 0 spiro atoms. The van der Waals surface area contributed by atoms with Gasteiger partial charge in [-0.15, -0.1) is 0 Å². The maximum absolute atomic E-state index is 13.8. The van der Waals surface area contributed by atoms with Crippen molar-refractivity contribution in [2.24, 2.45) is 23.7 Å². The number of aromatic nitrogens is 9. The normalized spacial score (nSPS) is 18.0. The van der Waals surface area contributed by atoms with Gasteiger partial charge in [-0.05, 0) is 301 Å². The maximum atomic E-state index is 13.8. The average molecular weight is 2020 g/mol. The molecule has 14 heterocycles. The van der Waals surface area contributed by atoms with Gasteiger partial charge >= 0.3 is 0 Å². The van der Waals surface area contributed by atoms with E-state index < -0.39 is 63.7 Å². The minimum atomic E-state index is -4.26. The van der Waals surface area contributed by atoms with E-state index in [9.17, 15) is 57.2 Å². The molecule has 5 aliphatic heterocycles. The summed E-state index contributed by atoms with van der Waals surface area (Å²) in [4.78, 5) is 103. The van der Waals surface area contributed by atoms with E-state index >= 15 is 0 Å². The quantitative estimate of drug-likeness (QED) is 0.0313. The molecule has 143 heavy (non-hydrogen) atoms. The molecule has 4 amide bonds. The molecule has 39 heteroatoms. The molecular weight excluding hydrogens is 1900 g/mol. The van der Waals surface area contributed by atoms with Crippen LogP contribution in [0.4, 0.5) is 56.8 Å². The van der Waals surface area contributed by atoms with Gasteiger partial charge in [0.2, 0.25) is 0 Å². The summed E-state index contributed by atoms with van der Waals surface area (Å²) < 4.78 is 132. The zero-order valence-corrected chi connectivity index (χ0v) is 86.5. The Bertz CT molecular complexity index is 7300. The van der Waals surface area contributed by atoms with Gasteiger partial charge in [0.05, 0.1) is 40.2 Å². The third-order valence-corrected chi connectivity index (χ3v) is 31.0. The second-order valence-electron chi connectivity index (χ2n) is 39.8. The first kappa shape index (κ1) is 105. The Morgan fingerprint density at radius 3 is 1.23 bits per heavy atom. The molecule has 17 rings (SSSR count).